The molecule has 1 aliphatic heterocycles. The highest BCUT2D eigenvalue weighted by Crippen LogP contribution is 2.40. The summed E-state index contributed by atoms with van der Waals surface area (Å²) in [6.07, 6.45) is -0.794. The van der Waals surface area contributed by atoms with Crippen molar-refractivity contribution in [3.8, 4) is 5.75 Å². The summed E-state index contributed by atoms with van der Waals surface area (Å²) in [7, 11) is 0. The third-order valence-corrected chi connectivity index (χ3v) is 6.43. The first kappa shape index (κ1) is 26.2. The molecule has 194 valence electrons. The number of fused-ring (bicyclic) bond motifs is 1. The van der Waals surface area contributed by atoms with Crippen molar-refractivity contribution in [2.24, 2.45) is 0 Å². The molecule has 6 nitrogen and oxygen atoms in total. The Morgan fingerprint density at radius 1 is 1.03 bits per heavy atom. The van der Waals surface area contributed by atoms with Gasteiger partial charge in [-0.15, -0.1) is 0 Å². The summed E-state index contributed by atoms with van der Waals surface area (Å²) in [5, 5.41) is 24.7. The number of amides is 1. The van der Waals surface area contributed by atoms with E-state index in [1.54, 1.807) is 19.9 Å². The van der Waals surface area contributed by atoms with Crippen LogP contribution in [0.1, 0.15) is 53.7 Å². The van der Waals surface area contributed by atoms with Crippen LogP contribution in [0.4, 0.5) is 18.9 Å². The van der Waals surface area contributed by atoms with Crippen LogP contribution in [-0.2, 0) is 28.0 Å². The largest absolute Gasteiger partial charge is 0.508 e. The van der Waals surface area contributed by atoms with Gasteiger partial charge in [-0.05, 0) is 65.9 Å². The van der Waals surface area contributed by atoms with Crippen LogP contribution in [0.2, 0.25) is 0 Å². The van der Waals surface area contributed by atoms with E-state index in [1.807, 2.05) is 0 Å². The molecule has 1 atom stereocenters. The maximum Gasteiger partial charge on any atom is 0.338 e. The fourth-order valence-electron chi connectivity index (χ4n) is 4.90. The Labute approximate surface area is 211 Å². The minimum atomic E-state index is -1.80. The molecule has 4 rings (SSSR count). The van der Waals surface area contributed by atoms with Crippen LogP contribution in [0.15, 0.2) is 54.6 Å². The van der Waals surface area contributed by atoms with Crippen LogP contribution >= 0.6 is 0 Å². The van der Waals surface area contributed by atoms with Crippen molar-refractivity contribution in [2.75, 3.05) is 5.32 Å². The molecule has 3 N–H and O–H groups in total. The van der Waals surface area contributed by atoms with Crippen molar-refractivity contribution in [3.05, 3.63) is 94.3 Å². The van der Waals surface area contributed by atoms with Crippen LogP contribution in [0.5, 0.6) is 5.75 Å². The van der Waals surface area contributed by atoms with Crippen LogP contribution < -0.4 is 5.32 Å². The molecule has 3 aromatic carbocycles. The minimum Gasteiger partial charge on any atom is -0.508 e. The van der Waals surface area contributed by atoms with E-state index in [1.165, 1.54) is 24.3 Å². The molecule has 0 bridgehead atoms. The van der Waals surface area contributed by atoms with Crippen LogP contribution in [0.25, 0.3) is 0 Å². The SMILES string of the molecule is CC(C)(CC(O)(CC(=O)Nc1ccc2c(c1)COC2=O)Cc1ccc(F)c(F)c1)c1cc(F)ccc1O. The maximum atomic E-state index is 14.0. The molecule has 1 unspecified atom stereocenters. The van der Waals surface area contributed by atoms with Crippen molar-refractivity contribution in [1.29, 1.82) is 0 Å². The minimum absolute atomic E-state index is 0.0866. The van der Waals surface area contributed by atoms with Crippen molar-refractivity contribution in [3.63, 3.8) is 0 Å². The van der Waals surface area contributed by atoms with E-state index in [9.17, 15) is 33.0 Å². The number of phenols is 1. The second-order valence-corrected chi connectivity index (χ2v) is 10.0. The first-order valence-corrected chi connectivity index (χ1v) is 11.6. The number of carbonyl (C=O) groups is 2. The lowest BCUT2D eigenvalue weighted by Gasteiger charge is -2.37. The lowest BCUT2D eigenvalue weighted by molar-refractivity contribution is -0.121. The summed E-state index contributed by atoms with van der Waals surface area (Å²) < 4.78 is 46.3. The number of phenolic OH excluding ortho intramolecular Hbond substituents is 1. The Bertz CT molecular complexity index is 1370. The number of anilines is 1. The van der Waals surface area contributed by atoms with Gasteiger partial charge in [0.2, 0.25) is 5.91 Å². The zero-order valence-electron chi connectivity index (χ0n) is 20.3. The monoisotopic (exact) mass is 513 g/mol. The highest BCUT2D eigenvalue weighted by Gasteiger charge is 2.39. The molecular formula is C28H26F3NO5. The van der Waals surface area contributed by atoms with Gasteiger partial charge in [-0.25, -0.2) is 18.0 Å². The molecule has 0 aromatic heterocycles. The van der Waals surface area contributed by atoms with Gasteiger partial charge in [0.15, 0.2) is 11.6 Å². The number of aliphatic hydroxyl groups is 1. The smallest absolute Gasteiger partial charge is 0.338 e. The molecule has 0 saturated heterocycles. The van der Waals surface area contributed by atoms with Crippen molar-refractivity contribution in [1.82, 2.24) is 0 Å². The Morgan fingerprint density at radius 3 is 2.51 bits per heavy atom. The number of ether oxygens (including phenoxy) is 1. The average Bonchev–Trinajstić information content (AvgIpc) is 3.17. The number of hydrogen-bond donors (Lipinski definition) is 3. The van der Waals surface area contributed by atoms with E-state index in [0.717, 1.165) is 24.3 Å². The summed E-state index contributed by atoms with van der Waals surface area (Å²) in [5.41, 5.74) is -0.940. The van der Waals surface area contributed by atoms with Gasteiger partial charge in [0.1, 0.15) is 18.2 Å². The number of nitrogens with one attached hydrogen (secondary N) is 1. The van der Waals surface area contributed by atoms with E-state index < -0.39 is 46.8 Å². The zero-order chi connectivity index (χ0) is 27.0. The third kappa shape index (κ3) is 5.94. The molecule has 9 heteroatoms. The van der Waals surface area contributed by atoms with Crippen LogP contribution in [0.3, 0.4) is 0 Å². The van der Waals surface area contributed by atoms with Gasteiger partial charge < -0.3 is 20.3 Å². The quantitative estimate of drug-likeness (QED) is 0.362. The normalized spacial score (nSPS) is 14.6. The number of halogens is 3. The first-order chi connectivity index (χ1) is 17.3. The summed E-state index contributed by atoms with van der Waals surface area (Å²) >= 11 is 0. The molecule has 0 fully saturated rings. The summed E-state index contributed by atoms with van der Waals surface area (Å²) in [6, 6.07) is 11.3. The summed E-state index contributed by atoms with van der Waals surface area (Å²) in [5.74, 6) is -3.93. The Kier molecular flexibility index (Phi) is 7.01. The second-order valence-electron chi connectivity index (χ2n) is 10.0. The van der Waals surface area contributed by atoms with E-state index in [2.05, 4.69) is 5.32 Å². The third-order valence-electron chi connectivity index (χ3n) is 6.43. The van der Waals surface area contributed by atoms with E-state index in [0.29, 0.717) is 16.8 Å². The molecule has 0 saturated carbocycles. The topological polar surface area (TPSA) is 95.9 Å². The molecule has 1 heterocycles. The van der Waals surface area contributed by atoms with Crippen molar-refractivity contribution in [2.45, 2.75) is 50.7 Å². The molecular weight excluding hydrogens is 487 g/mol. The Balaban J connectivity index is 1.61. The van der Waals surface area contributed by atoms with E-state index in [4.69, 9.17) is 4.74 Å². The molecule has 0 spiro atoms. The number of esters is 1. The fourth-order valence-corrected chi connectivity index (χ4v) is 4.90. The van der Waals surface area contributed by atoms with Crippen molar-refractivity contribution < 1.29 is 37.7 Å². The van der Waals surface area contributed by atoms with Gasteiger partial charge in [0.05, 0.1) is 17.6 Å². The second kappa shape index (κ2) is 9.89. The number of hydrogen-bond acceptors (Lipinski definition) is 5. The van der Waals surface area contributed by atoms with Gasteiger partial charge >= 0.3 is 5.97 Å². The molecule has 0 aliphatic carbocycles. The molecule has 1 aliphatic rings. The van der Waals surface area contributed by atoms with Gasteiger partial charge in [0.25, 0.3) is 0 Å². The fraction of sp³-hybridized carbons (Fsp3) is 0.286. The number of benzene rings is 3. The number of rotatable bonds is 8. The lowest BCUT2D eigenvalue weighted by atomic mass is 9.72. The molecule has 37 heavy (non-hydrogen) atoms. The van der Waals surface area contributed by atoms with E-state index >= 15 is 0 Å². The zero-order valence-corrected chi connectivity index (χ0v) is 20.3. The van der Waals surface area contributed by atoms with Gasteiger partial charge in [-0.1, -0.05) is 19.9 Å². The highest BCUT2D eigenvalue weighted by molar-refractivity contribution is 5.96. The highest BCUT2D eigenvalue weighted by atomic mass is 19.2. The Hall–Kier alpha value is -3.85. The lowest BCUT2D eigenvalue weighted by Crippen LogP contribution is -2.42. The van der Waals surface area contributed by atoms with Crippen molar-refractivity contribution >= 4 is 17.6 Å². The van der Waals surface area contributed by atoms with Crippen LogP contribution in [-0.4, -0.2) is 27.7 Å². The number of aromatic hydroxyl groups is 1. The molecule has 3 aromatic rings. The van der Waals surface area contributed by atoms with E-state index in [-0.39, 0.29) is 36.3 Å². The van der Waals surface area contributed by atoms with Crippen LogP contribution in [0, 0.1) is 17.5 Å². The summed E-state index contributed by atoms with van der Waals surface area (Å²) in [6.45, 7) is 3.43. The average molecular weight is 514 g/mol. The first-order valence-electron chi connectivity index (χ1n) is 11.6. The van der Waals surface area contributed by atoms with Gasteiger partial charge in [0, 0.05) is 23.2 Å². The molecule has 1 amide bonds. The number of carbonyl (C=O) groups excluding carboxylic acids is 2. The predicted molar refractivity (Wildman–Crippen MR) is 130 cm³/mol. The Morgan fingerprint density at radius 2 is 1.78 bits per heavy atom. The maximum absolute atomic E-state index is 14.0. The van der Waals surface area contributed by atoms with Gasteiger partial charge in [-0.2, -0.15) is 0 Å². The predicted octanol–water partition coefficient (Wildman–Crippen LogP) is 5.15. The standard InChI is InChI=1S/C28H26F3NO5/c1-27(2,21-11-18(29)4-8-24(21)33)15-28(36,12-16-3-7-22(30)23(31)9-16)13-25(34)32-19-5-6-20-17(10-19)14-37-26(20)35/h3-11,33,36H,12-15H2,1-2H3,(H,32,34). The number of cyclic esters (lactones) is 1. The summed E-state index contributed by atoms with van der Waals surface area (Å²) in [4.78, 5) is 24.7. The van der Waals surface area contributed by atoms with Gasteiger partial charge in [-0.3, -0.25) is 4.79 Å². The molecule has 0 radical (unpaired) electrons.